The van der Waals surface area contributed by atoms with Gasteiger partial charge in [-0.25, -0.2) is 0 Å². The molecule has 0 saturated heterocycles. The van der Waals surface area contributed by atoms with Crippen LogP contribution in [-0.4, -0.2) is 46.9 Å². The standard InChI is InChI=1S/C28H32N4O5S/c1-5-6-11-17-23(24-20(35-3)13-9-14-21(24)36-4)26(33)25(28(34)31-17)27(29)38-22(30-2)15-18-16-10-7-8-12-19(16)37-32-18/h7-10,12-14,22,29-30H,5-6,11,15H2,1-4H3,(H2,31,33,34). The predicted molar refractivity (Wildman–Crippen MR) is 151 cm³/mol. The maximum Gasteiger partial charge on any atom is 0.261 e. The van der Waals surface area contributed by atoms with E-state index in [4.69, 9.17) is 19.4 Å². The van der Waals surface area contributed by atoms with Gasteiger partial charge in [0.25, 0.3) is 5.56 Å². The summed E-state index contributed by atoms with van der Waals surface area (Å²) in [7, 11) is 4.85. The Bertz CT molecular complexity index is 1470. The van der Waals surface area contributed by atoms with Gasteiger partial charge in [0.05, 0.1) is 36.4 Å². The Morgan fingerprint density at radius 2 is 1.87 bits per heavy atom. The third-order valence-corrected chi connectivity index (χ3v) is 7.49. The molecule has 0 aliphatic rings. The first-order chi connectivity index (χ1) is 18.4. The number of thioether (sulfide) groups is 1. The van der Waals surface area contributed by atoms with Crippen molar-refractivity contribution in [3.05, 3.63) is 69.8 Å². The molecule has 4 N–H and O–H groups in total. The Hall–Kier alpha value is -3.76. The molecule has 9 nitrogen and oxygen atoms in total. The molecule has 0 fully saturated rings. The number of aromatic amines is 1. The van der Waals surface area contributed by atoms with Gasteiger partial charge in [-0.15, -0.1) is 0 Å². The minimum Gasteiger partial charge on any atom is -0.506 e. The number of fused-ring (bicyclic) bond motifs is 1. The lowest BCUT2D eigenvalue weighted by Crippen LogP contribution is -2.28. The zero-order valence-electron chi connectivity index (χ0n) is 21.9. The van der Waals surface area contributed by atoms with Crippen molar-refractivity contribution in [2.75, 3.05) is 21.3 Å². The van der Waals surface area contributed by atoms with Crippen molar-refractivity contribution in [2.24, 2.45) is 0 Å². The molecule has 10 heteroatoms. The molecule has 0 spiro atoms. The molecule has 0 amide bonds. The van der Waals surface area contributed by atoms with Gasteiger partial charge in [-0.05, 0) is 44.2 Å². The number of pyridine rings is 1. The Morgan fingerprint density at radius 1 is 1.16 bits per heavy atom. The van der Waals surface area contributed by atoms with Gasteiger partial charge in [-0.2, -0.15) is 0 Å². The van der Waals surface area contributed by atoms with E-state index in [9.17, 15) is 9.90 Å². The second-order valence-electron chi connectivity index (χ2n) is 8.73. The van der Waals surface area contributed by atoms with E-state index in [2.05, 4.69) is 22.4 Å². The Kier molecular flexibility index (Phi) is 8.75. The number of benzene rings is 2. The number of methoxy groups -OCH3 is 2. The van der Waals surface area contributed by atoms with Gasteiger partial charge in [-0.3, -0.25) is 10.2 Å². The number of aromatic nitrogens is 2. The molecule has 4 aromatic rings. The van der Waals surface area contributed by atoms with Gasteiger partial charge >= 0.3 is 0 Å². The van der Waals surface area contributed by atoms with Crippen molar-refractivity contribution >= 4 is 27.8 Å². The zero-order chi connectivity index (χ0) is 27.2. The summed E-state index contributed by atoms with van der Waals surface area (Å²) in [6, 6.07) is 12.9. The van der Waals surface area contributed by atoms with Crippen molar-refractivity contribution in [3.8, 4) is 28.4 Å². The van der Waals surface area contributed by atoms with Crippen LogP contribution in [0.4, 0.5) is 0 Å². The van der Waals surface area contributed by atoms with Gasteiger partial charge in [0, 0.05) is 17.5 Å². The quantitative estimate of drug-likeness (QED) is 0.118. The maximum atomic E-state index is 13.2. The molecule has 0 saturated carbocycles. The van der Waals surface area contributed by atoms with Gasteiger partial charge in [0.15, 0.2) is 5.58 Å². The lowest BCUT2D eigenvalue weighted by molar-refractivity contribution is 0.396. The smallest absolute Gasteiger partial charge is 0.261 e. The van der Waals surface area contributed by atoms with Crippen molar-refractivity contribution in [2.45, 2.75) is 38.0 Å². The van der Waals surface area contributed by atoms with Gasteiger partial charge in [0.1, 0.15) is 27.9 Å². The highest BCUT2D eigenvalue weighted by molar-refractivity contribution is 8.14. The number of ether oxygens (including phenoxy) is 2. The first kappa shape index (κ1) is 27.3. The molecule has 4 rings (SSSR count). The summed E-state index contributed by atoms with van der Waals surface area (Å²) >= 11 is 1.13. The number of aromatic hydroxyl groups is 1. The fourth-order valence-corrected chi connectivity index (χ4v) is 5.37. The van der Waals surface area contributed by atoms with Gasteiger partial charge < -0.3 is 29.4 Å². The molecule has 2 heterocycles. The number of likely N-dealkylation sites (N-methyl/N-ethyl adjacent to an activating group) is 1. The molecule has 1 atom stereocenters. The number of hydrogen-bond donors (Lipinski definition) is 4. The third-order valence-electron chi connectivity index (χ3n) is 6.37. The van der Waals surface area contributed by atoms with Crippen LogP contribution in [0.5, 0.6) is 17.2 Å². The minimum atomic E-state index is -0.523. The molecule has 0 radical (unpaired) electrons. The third kappa shape index (κ3) is 5.41. The Morgan fingerprint density at radius 3 is 2.53 bits per heavy atom. The fourth-order valence-electron chi connectivity index (χ4n) is 4.42. The number of nitrogens with zero attached hydrogens (tertiary/aromatic N) is 1. The predicted octanol–water partition coefficient (Wildman–Crippen LogP) is 5.10. The largest absolute Gasteiger partial charge is 0.506 e. The number of unbranched alkanes of at least 4 members (excludes halogenated alkanes) is 1. The van der Waals surface area contributed by atoms with Crippen LogP contribution in [0.3, 0.4) is 0 Å². The van der Waals surface area contributed by atoms with Gasteiger partial charge in [-0.1, -0.05) is 48.5 Å². The zero-order valence-corrected chi connectivity index (χ0v) is 22.7. The topological polar surface area (TPSA) is 133 Å². The summed E-state index contributed by atoms with van der Waals surface area (Å²) < 4.78 is 16.6. The van der Waals surface area contributed by atoms with Crippen LogP contribution in [0, 0.1) is 5.41 Å². The summed E-state index contributed by atoms with van der Waals surface area (Å²) in [5.41, 5.74) is 2.29. The lowest BCUT2D eigenvalue weighted by Gasteiger charge is -2.20. The van der Waals surface area contributed by atoms with Crippen molar-refractivity contribution < 1.29 is 19.1 Å². The van der Waals surface area contributed by atoms with E-state index in [1.807, 2.05) is 24.3 Å². The number of hydrogen-bond acceptors (Lipinski definition) is 9. The van der Waals surface area contributed by atoms with E-state index < -0.39 is 5.56 Å². The highest BCUT2D eigenvalue weighted by Gasteiger charge is 2.27. The summed E-state index contributed by atoms with van der Waals surface area (Å²) in [6.07, 6.45) is 2.69. The first-order valence-corrected chi connectivity index (χ1v) is 13.3. The number of H-pyrrole nitrogens is 1. The van der Waals surface area contributed by atoms with Crippen LogP contribution in [0.2, 0.25) is 0 Å². The lowest BCUT2D eigenvalue weighted by atomic mass is 9.96. The number of aryl methyl sites for hydroxylation is 1. The second kappa shape index (κ2) is 12.2. The molecule has 0 bridgehead atoms. The van der Waals surface area contributed by atoms with E-state index in [0.29, 0.717) is 46.7 Å². The molecular formula is C28H32N4O5S. The van der Waals surface area contributed by atoms with Crippen molar-refractivity contribution in [3.63, 3.8) is 0 Å². The molecule has 38 heavy (non-hydrogen) atoms. The Labute approximate surface area is 225 Å². The molecule has 2 aromatic carbocycles. The van der Waals surface area contributed by atoms with Crippen LogP contribution in [0.15, 0.2) is 51.8 Å². The summed E-state index contributed by atoms with van der Waals surface area (Å²) in [5.74, 6) is 0.697. The average Bonchev–Trinajstić information content (AvgIpc) is 3.33. The molecule has 2 aromatic heterocycles. The summed E-state index contributed by atoms with van der Waals surface area (Å²) in [5, 5.41) is 28.3. The molecule has 0 aliphatic heterocycles. The van der Waals surface area contributed by atoms with E-state index in [-0.39, 0.29) is 21.7 Å². The van der Waals surface area contributed by atoms with Crippen LogP contribution >= 0.6 is 11.8 Å². The van der Waals surface area contributed by atoms with E-state index in [1.54, 1.807) is 25.2 Å². The van der Waals surface area contributed by atoms with E-state index in [1.165, 1.54) is 14.2 Å². The van der Waals surface area contributed by atoms with Crippen LogP contribution in [0.25, 0.3) is 22.1 Å². The number of rotatable bonds is 11. The highest BCUT2D eigenvalue weighted by atomic mass is 32.2. The summed E-state index contributed by atoms with van der Waals surface area (Å²) in [4.78, 5) is 16.2. The number of nitrogens with one attached hydrogen (secondary N) is 3. The molecule has 1 unspecified atom stereocenters. The highest BCUT2D eigenvalue weighted by Crippen LogP contribution is 2.45. The van der Waals surface area contributed by atoms with Crippen LogP contribution in [-0.2, 0) is 12.8 Å². The van der Waals surface area contributed by atoms with Crippen LogP contribution in [0.1, 0.15) is 36.7 Å². The van der Waals surface area contributed by atoms with Crippen molar-refractivity contribution in [1.82, 2.24) is 15.5 Å². The average molecular weight is 537 g/mol. The SMILES string of the molecule is CCCCc1[nH]c(=O)c(C(=N)SC(Cc2noc3ccccc23)NC)c(O)c1-c1c(OC)cccc1OC. The number of para-hydroxylation sites is 1. The molecular weight excluding hydrogens is 504 g/mol. The molecule has 200 valence electrons. The monoisotopic (exact) mass is 536 g/mol. The van der Waals surface area contributed by atoms with Gasteiger partial charge in [0.2, 0.25) is 0 Å². The van der Waals surface area contributed by atoms with E-state index in [0.717, 1.165) is 35.7 Å². The van der Waals surface area contributed by atoms with Crippen molar-refractivity contribution in [1.29, 1.82) is 5.41 Å². The van der Waals surface area contributed by atoms with Crippen LogP contribution < -0.4 is 20.3 Å². The summed E-state index contributed by atoms with van der Waals surface area (Å²) in [6.45, 7) is 2.05. The first-order valence-electron chi connectivity index (χ1n) is 12.4. The Balaban J connectivity index is 1.75. The maximum absolute atomic E-state index is 13.2. The second-order valence-corrected chi connectivity index (χ2v) is 9.94. The minimum absolute atomic E-state index is 0.0759. The van der Waals surface area contributed by atoms with E-state index >= 15 is 0 Å². The fraction of sp³-hybridized carbons (Fsp3) is 0.321. The molecule has 0 aliphatic carbocycles. The normalized spacial score (nSPS) is 12.0.